The van der Waals surface area contributed by atoms with Crippen LogP contribution in [0, 0.1) is 6.92 Å². The first kappa shape index (κ1) is 10.8. The molecule has 3 N–H and O–H groups in total. The Balaban J connectivity index is 0.000000980. The van der Waals surface area contributed by atoms with Gasteiger partial charge in [-0.2, -0.15) is 0 Å². The van der Waals surface area contributed by atoms with Crippen molar-refractivity contribution in [2.75, 3.05) is 5.43 Å². The molecule has 1 heterocycles. The quantitative estimate of drug-likeness (QED) is 0.560. The number of nitrogens with two attached hydrogens (primary N) is 1. The highest BCUT2D eigenvalue weighted by atomic mass is 35.5. The van der Waals surface area contributed by atoms with E-state index in [1.807, 2.05) is 31.2 Å². The molecule has 2 aromatic rings. The van der Waals surface area contributed by atoms with Crippen LogP contribution in [0.5, 0.6) is 0 Å². The van der Waals surface area contributed by atoms with Crippen LogP contribution < -0.4 is 11.3 Å². The van der Waals surface area contributed by atoms with Gasteiger partial charge in [0.05, 0.1) is 5.52 Å². The van der Waals surface area contributed by atoms with Gasteiger partial charge in [-0.3, -0.25) is 0 Å². The Kier molecular flexibility index (Phi) is 3.28. The van der Waals surface area contributed by atoms with E-state index in [1.165, 1.54) is 0 Å². The molecule has 0 aliphatic heterocycles. The van der Waals surface area contributed by atoms with Crippen molar-refractivity contribution in [2.24, 2.45) is 5.84 Å². The van der Waals surface area contributed by atoms with E-state index in [0.29, 0.717) is 0 Å². The predicted molar refractivity (Wildman–Crippen MR) is 61.5 cm³/mol. The lowest BCUT2D eigenvalue weighted by Gasteiger charge is -2.05. The molecule has 1 aromatic carbocycles. The van der Waals surface area contributed by atoms with E-state index < -0.39 is 0 Å². The van der Waals surface area contributed by atoms with Gasteiger partial charge in [0.2, 0.25) is 0 Å². The molecule has 0 atom stereocenters. The van der Waals surface area contributed by atoms with E-state index in [0.717, 1.165) is 22.3 Å². The maximum Gasteiger partial charge on any atom is 0.143 e. The Morgan fingerprint density at radius 1 is 1.29 bits per heavy atom. The Labute approximate surface area is 88.7 Å². The van der Waals surface area contributed by atoms with Gasteiger partial charge in [-0.15, -0.1) is 12.4 Å². The van der Waals surface area contributed by atoms with Crippen molar-refractivity contribution in [2.45, 2.75) is 6.92 Å². The van der Waals surface area contributed by atoms with Gasteiger partial charge < -0.3 is 5.43 Å². The number of anilines is 1. The first-order chi connectivity index (χ1) is 6.31. The summed E-state index contributed by atoms with van der Waals surface area (Å²) in [4.78, 5) is 4.36. The van der Waals surface area contributed by atoms with E-state index in [-0.39, 0.29) is 12.4 Å². The van der Waals surface area contributed by atoms with Gasteiger partial charge in [0.15, 0.2) is 0 Å². The monoisotopic (exact) mass is 209 g/mol. The van der Waals surface area contributed by atoms with Crippen molar-refractivity contribution in [1.82, 2.24) is 4.98 Å². The molecule has 4 heteroatoms. The number of nitrogen functional groups attached to an aromatic ring is 1. The zero-order chi connectivity index (χ0) is 9.26. The minimum atomic E-state index is 0. The molecule has 14 heavy (non-hydrogen) atoms. The number of nitrogens with zero attached hydrogens (tertiary/aromatic N) is 1. The zero-order valence-corrected chi connectivity index (χ0v) is 8.64. The van der Waals surface area contributed by atoms with Crippen LogP contribution in [0.2, 0.25) is 0 Å². The molecule has 3 nitrogen and oxygen atoms in total. The van der Waals surface area contributed by atoms with Gasteiger partial charge in [0.25, 0.3) is 0 Å². The van der Waals surface area contributed by atoms with Crippen molar-refractivity contribution >= 4 is 29.1 Å². The van der Waals surface area contributed by atoms with Crippen molar-refractivity contribution in [3.8, 4) is 0 Å². The second kappa shape index (κ2) is 4.26. The first-order valence-electron chi connectivity index (χ1n) is 4.14. The van der Waals surface area contributed by atoms with Crippen LogP contribution in [-0.2, 0) is 0 Å². The lowest BCUT2D eigenvalue weighted by molar-refractivity contribution is 1.23. The summed E-state index contributed by atoms with van der Waals surface area (Å²) in [6.07, 6.45) is 0. The number of para-hydroxylation sites is 1. The highest BCUT2D eigenvalue weighted by molar-refractivity contribution is 5.85. The van der Waals surface area contributed by atoms with Crippen LogP contribution in [-0.4, -0.2) is 4.98 Å². The average Bonchev–Trinajstić information content (AvgIpc) is 2.17. The minimum absolute atomic E-state index is 0. The highest BCUT2D eigenvalue weighted by Gasteiger charge is 1.99. The number of hydrazine groups is 1. The molecule has 0 radical (unpaired) electrons. The van der Waals surface area contributed by atoms with Crippen LogP contribution in [0.25, 0.3) is 10.9 Å². The van der Waals surface area contributed by atoms with Crippen LogP contribution in [0.1, 0.15) is 5.56 Å². The number of benzene rings is 1. The first-order valence-corrected chi connectivity index (χ1v) is 4.14. The molecular formula is C10H12ClN3. The van der Waals surface area contributed by atoms with Crippen molar-refractivity contribution in [1.29, 1.82) is 0 Å². The molecular weight excluding hydrogens is 198 g/mol. The summed E-state index contributed by atoms with van der Waals surface area (Å²) in [5.41, 5.74) is 4.59. The third-order valence-corrected chi connectivity index (χ3v) is 2.05. The van der Waals surface area contributed by atoms with E-state index in [1.54, 1.807) is 0 Å². The number of aromatic nitrogens is 1. The van der Waals surface area contributed by atoms with Gasteiger partial charge in [-0.1, -0.05) is 18.2 Å². The summed E-state index contributed by atoms with van der Waals surface area (Å²) in [6, 6.07) is 10.0. The molecule has 1 aromatic heterocycles. The predicted octanol–water partition coefficient (Wildman–Crippen LogP) is 2.25. The number of pyridine rings is 1. The molecule has 0 bridgehead atoms. The Morgan fingerprint density at radius 3 is 2.71 bits per heavy atom. The Hall–Kier alpha value is -1.32. The minimum Gasteiger partial charge on any atom is -0.308 e. The second-order valence-electron chi connectivity index (χ2n) is 2.99. The molecule has 0 amide bonds. The van der Waals surface area contributed by atoms with E-state index in [2.05, 4.69) is 16.5 Å². The van der Waals surface area contributed by atoms with E-state index >= 15 is 0 Å². The third-order valence-electron chi connectivity index (χ3n) is 2.05. The van der Waals surface area contributed by atoms with Gasteiger partial charge in [0, 0.05) is 5.39 Å². The highest BCUT2D eigenvalue weighted by Crippen LogP contribution is 2.18. The van der Waals surface area contributed by atoms with Gasteiger partial charge in [-0.05, 0) is 24.6 Å². The topological polar surface area (TPSA) is 50.9 Å². The normalized spacial score (nSPS) is 9.57. The van der Waals surface area contributed by atoms with E-state index in [4.69, 9.17) is 5.84 Å². The second-order valence-corrected chi connectivity index (χ2v) is 2.99. The summed E-state index contributed by atoms with van der Waals surface area (Å²) in [5, 5.41) is 1.14. The van der Waals surface area contributed by atoms with E-state index in [9.17, 15) is 0 Å². The summed E-state index contributed by atoms with van der Waals surface area (Å²) in [7, 11) is 0. The van der Waals surface area contributed by atoms with Gasteiger partial charge >= 0.3 is 0 Å². The Bertz CT molecular complexity index is 442. The molecule has 0 saturated heterocycles. The van der Waals surface area contributed by atoms with Gasteiger partial charge in [-0.25, -0.2) is 10.8 Å². The summed E-state index contributed by atoms with van der Waals surface area (Å²) >= 11 is 0. The van der Waals surface area contributed by atoms with Crippen molar-refractivity contribution < 1.29 is 0 Å². The molecule has 74 valence electrons. The third kappa shape index (κ3) is 1.78. The molecule has 0 fully saturated rings. The number of aryl methyl sites for hydroxylation is 1. The largest absolute Gasteiger partial charge is 0.308 e. The number of hydrogen-bond donors (Lipinski definition) is 2. The molecule has 0 saturated carbocycles. The fourth-order valence-electron chi connectivity index (χ4n) is 1.37. The number of rotatable bonds is 1. The van der Waals surface area contributed by atoms with Crippen LogP contribution in [0.4, 0.5) is 5.82 Å². The molecule has 0 aliphatic rings. The number of hydrogen-bond acceptors (Lipinski definition) is 3. The van der Waals surface area contributed by atoms with Crippen LogP contribution in [0.15, 0.2) is 30.3 Å². The van der Waals surface area contributed by atoms with Crippen LogP contribution >= 0.6 is 12.4 Å². The smallest absolute Gasteiger partial charge is 0.143 e. The Morgan fingerprint density at radius 2 is 2.00 bits per heavy atom. The summed E-state index contributed by atoms with van der Waals surface area (Å²) in [6.45, 7) is 1.98. The molecule has 0 aliphatic carbocycles. The molecule has 0 spiro atoms. The van der Waals surface area contributed by atoms with Crippen molar-refractivity contribution in [3.63, 3.8) is 0 Å². The lowest BCUT2D eigenvalue weighted by Crippen LogP contribution is -2.09. The SMILES string of the molecule is Cc1cc2ccccc2nc1NN.Cl. The average molecular weight is 210 g/mol. The maximum absolute atomic E-state index is 5.33. The summed E-state index contributed by atoms with van der Waals surface area (Å²) < 4.78 is 0. The number of halogens is 1. The standard InChI is InChI=1S/C10H11N3.ClH/c1-7-6-8-4-2-3-5-9(8)12-10(7)13-11;/h2-6H,11H2,1H3,(H,12,13);1H. The zero-order valence-electron chi connectivity index (χ0n) is 7.82. The van der Waals surface area contributed by atoms with Crippen molar-refractivity contribution in [3.05, 3.63) is 35.9 Å². The van der Waals surface area contributed by atoms with Crippen LogP contribution in [0.3, 0.4) is 0 Å². The molecule has 0 unspecified atom stereocenters. The summed E-state index contributed by atoms with van der Waals surface area (Å²) in [5.74, 6) is 6.06. The fourth-order valence-corrected chi connectivity index (χ4v) is 1.37. The fraction of sp³-hybridized carbons (Fsp3) is 0.100. The number of nitrogens with one attached hydrogen (secondary N) is 1. The van der Waals surface area contributed by atoms with Gasteiger partial charge in [0.1, 0.15) is 5.82 Å². The number of fused-ring (bicyclic) bond motifs is 1. The maximum atomic E-state index is 5.33. The molecule has 2 rings (SSSR count). The lowest BCUT2D eigenvalue weighted by atomic mass is 10.1.